The van der Waals surface area contributed by atoms with E-state index < -0.39 is 5.92 Å². The van der Waals surface area contributed by atoms with E-state index in [0.29, 0.717) is 36.0 Å². The topological polar surface area (TPSA) is 93.9 Å². The number of nitrogens with one attached hydrogen (secondary N) is 1. The van der Waals surface area contributed by atoms with Crippen LogP contribution in [0.5, 0.6) is 11.5 Å². The lowest BCUT2D eigenvalue weighted by Gasteiger charge is -2.17. The van der Waals surface area contributed by atoms with E-state index in [2.05, 4.69) is 5.32 Å². The van der Waals surface area contributed by atoms with E-state index in [-0.39, 0.29) is 25.0 Å². The van der Waals surface area contributed by atoms with Gasteiger partial charge in [-0.15, -0.1) is 0 Å². The van der Waals surface area contributed by atoms with Crippen LogP contribution < -0.4 is 20.5 Å². The second kappa shape index (κ2) is 6.83. The van der Waals surface area contributed by atoms with Crippen molar-refractivity contribution in [1.82, 2.24) is 4.90 Å². The fourth-order valence-corrected chi connectivity index (χ4v) is 3.32. The molecule has 140 valence electrons. The number of nitrogens with zero attached hydrogens (tertiary/aromatic N) is 1. The van der Waals surface area contributed by atoms with Crippen LogP contribution in [0.25, 0.3) is 0 Å². The van der Waals surface area contributed by atoms with Crippen LogP contribution in [0.4, 0.5) is 11.4 Å². The first-order chi connectivity index (χ1) is 13.0. The molecule has 1 atom stereocenters. The summed E-state index contributed by atoms with van der Waals surface area (Å²) in [6, 6.07) is 11.3. The maximum absolute atomic E-state index is 12.6. The summed E-state index contributed by atoms with van der Waals surface area (Å²) in [5.41, 5.74) is 9.07. The zero-order valence-electron chi connectivity index (χ0n) is 15.0. The molecular formula is C20H21N3O4. The molecule has 2 aromatic rings. The molecule has 2 aromatic carbocycles. The van der Waals surface area contributed by atoms with E-state index >= 15 is 0 Å². The van der Waals surface area contributed by atoms with Gasteiger partial charge in [-0.25, -0.2) is 0 Å². The summed E-state index contributed by atoms with van der Waals surface area (Å²) in [4.78, 5) is 26.7. The van der Waals surface area contributed by atoms with Gasteiger partial charge in [-0.1, -0.05) is 29.8 Å². The Morgan fingerprint density at radius 3 is 2.67 bits per heavy atom. The van der Waals surface area contributed by atoms with Gasteiger partial charge < -0.3 is 25.4 Å². The number of fused-ring (bicyclic) bond motifs is 1. The highest BCUT2D eigenvalue weighted by atomic mass is 16.7. The molecule has 0 radical (unpaired) electrons. The van der Waals surface area contributed by atoms with Crippen LogP contribution in [-0.2, 0) is 16.1 Å². The molecule has 7 heteroatoms. The van der Waals surface area contributed by atoms with Gasteiger partial charge in [0.2, 0.25) is 18.6 Å². The van der Waals surface area contributed by atoms with Gasteiger partial charge in [0.05, 0.1) is 17.3 Å². The number of benzene rings is 2. The van der Waals surface area contributed by atoms with Gasteiger partial charge >= 0.3 is 0 Å². The molecule has 27 heavy (non-hydrogen) atoms. The van der Waals surface area contributed by atoms with Crippen molar-refractivity contribution in [3.05, 3.63) is 47.5 Å². The maximum atomic E-state index is 12.6. The van der Waals surface area contributed by atoms with Gasteiger partial charge in [0, 0.05) is 31.6 Å². The fraction of sp³-hybridized carbons (Fsp3) is 0.300. The van der Waals surface area contributed by atoms with Crippen molar-refractivity contribution in [3.63, 3.8) is 0 Å². The van der Waals surface area contributed by atoms with Crippen LogP contribution in [0, 0.1) is 12.8 Å². The number of anilines is 2. The molecule has 2 aliphatic rings. The number of amides is 2. The number of aryl methyl sites for hydroxylation is 1. The number of rotatable bonds is 4. The summed E-state index contributed by atoms with van der Waals surface area (Å²) < 4.78 is 10.6. The van der Waals surface area contributed by atoms with E-state index in [4.69, 9.17) is 15.2 Å². The Kier molecular flexibility index (Phi) is 4.35. The van der Waals surface area contributed by atoms with Crippen molar-refractivity contribution in [2.75, 3.05) is 24.4 Å². The van der Waals surface area contributed by atoms with Crippen LogP contribution >= 0.6 is 0 Å². The lowest BCUT2D eigenvalue weighted by Crippen LogP contribution is -2.28. The molecular weight excluding hydrogens is 346 g/mol. The minimum absolute atomic E-state index is 0.0191. The van der Waals surface area contributed by atoms with Gasteiger partial charge in [-0.05, 0) is 12.5 Å². The number of hydrogen-bond acceptors (Lipinski definition) is 5. The first-order valence-corrected chi connectivity index (χ1v) is 8.83. The minimum Gasteiger partial charge on any atom is -0.454 e. The minimum atomic E-state index is -0.409. The maximum Gasteiger partial charge on any atom is 0.231 e. The molecule has 4 rings (SSSR count). The number of carbonyl (C=O) groups is 2. The van der Waals surface area contributed by atoms with Crippen molar-refractivity contribution in [2.45, 2.75) is 19.9 Å². The van der Waals surface area contributed by atoms with Gasteiger partial charge in [-0.2, -0.15) is 0 Å². The van der Waals surface area contributed by atoms with Crippen LogP contribution in [0.3, 0.4) is 0 Å². The summed E-state index contributed by atoms with van der Waals surface area (Å²) in [5, 5.41) is 2.82. The third-order valence-corrected chi connectivity index (χ3v) is 4.88. The molecule has 0 saturated carbocycles. The Balaban J connectivity index is 1.41. The van der Waals surface area contributed by atoms with Crippen LogP contribution in [0.1, 0.15) is 17.5 Å². The molecule has 1 fully saturated rings. The van der Waals surface area contributed by atoms with E-state index in [1.54, 1.807) is 17.0 Å². The predicted molar refractivity (Wildman–Crippen MR) is 100 cm³/mol. The number of hydrogen-bond donors (Lipinski definition) is 2. The molecule has 0 spiro atoms. The lowest BCUT2D eigenvalue weighted by atomic mass is 10.1. The number of ether oxygens (including phenoxy) is 2. The first-order valence-electron chi connectivity index (χ1n) is 8.83. The fourth-order valence-electron chi connectivity index (χ4n) is 3.32. The normalized spacial score (nSPS) is 18.0. The Morgan fingerprint density at radius 2 is 1.93 bits per heavy atom. The van der Waals surface area contributed by atoms with Gasteiger partial charge in [0.1, 0.15) is 0 Å². The molecule has 1 saturated heterocycles. The van der Waals surface area contributed by atoms with Crippen molar-refractivity contribution in [3.8, 4) is 11.5 Å². The second-order valence-corrected chi connectivity index (χ2v) is 6.94. The molecule has 3 N–H and O–H groups in total. The summed E-state index contributed by atoms with van der Waals surface area (Å²) in [5.74, 6) is 0.455. The lowest BCUT2D eigenvalue weighted by molar-refractivity contribution is -0.128. The number of nitrogen functional groups attached to an aromatic ring is 1. The van der Waals surface area contributed by atoms with Gasteiger partial charge in [0.15, 0.2) is 11.5 Å². The standard InChI is InChI=1S/C20H21N3O4/c1-12-2-4-13(5-3-12)9-23-10-14(6-19(23)24)20(25)22-16-8-18-17(7-15(16)21)26-11-27-18/h2-5,7-8,14H,6,9-11,21H2,1H3,(H,22,25). The summed E-state index contributed by atoms with van der Waals surface area (Å²) in [6.07, 6.45) is 0.197. The van der Waals surface area contributed by atoms with E-state index in [9.17, 15) is 9.59 Å². The average molecular weight is 367 g/mol. The number of carbonyl (C=O) groups excluding carboxylic acids is 2. The second-order valence-electron chi connectivity index (χ2n) is 6.94. The predicted octanol–water partition coefficient (Wildman–Crippen LogP) is 2.29. The van der Waals surface area contributed by atoms with Crippen LogP contribution in [0.15, 0.2) is 36.4 Å². The Hall–Kier alpha value is -3.22. The van der Waals surface area contributed by atoms with Gasteiger partial charge in [-0.3, -0.25) is 9.59 Å². The van der Waals surface area contributed by atoms with Crippen LogP contribution in [0.2, 0.25) is 0 Å². The number of nitrogens with two attached hydrogens (primary N) is 1. The monoisotopic (exact) mass is 367 g/mol. The SMILES string of the molecule is Cc1ccc(CN2CC(C(=O)Nc3cc4c(cc3N)OCO4)CC2=O)cc1. The van der Waals surface area contributed by atoms with Gasteiger partial charge in [0.25, 0.3) is 0 Å². The quantitative estimate of drug-likeness (QED) is 0.809. The van der Waals surface area contributed by atoms with E-state index in [1.807, 2.05) is 31.2 Å². The largest absolute Gasteiger partial charge is 0.454 e. The zero-order valence-corrected chi connectivity index (χ0v) is 15.0. The van der Waals surface area contributed by atoms with Crippen molar-refractivity contribution < 1.29 is 19.1 Å². The molecule has 2 heterocycles. The van der Waals surface area contributed by atoms with E-state index in [1.165, 1.54) is 5.56 Å². The molecule has 0 aliphatic carbocycles. The third-order valence-electron chi connectivity index (χ3n) is 4.88. The summed E-state index contributed by atoms with van der Waals surface area (Å²) >= 11 is 0. The average Bonchev–Trinajstić information content (AvgIpc) is 3.23. The molecule has 1 unspecified atom stereocenters. The van der Waals surface area contributed by atoms with Crippen LogP contribution in [-0.4, -0.2) is 30.1 Å². The highest BCUT2D eigenvalue weighted by Crippen LogP contribution is 2.38. The first kappa shape index (κ1) is 17.2. The van der Waals surface area contributed by atoms with E-state index in [0.717, 1.165) is 5.56 Å². The molecule has 0 bridgehead atoms. The highest BCUT2D eigenvalue weighted by molar-refractivity contribution is 5.99. The zero-order chi connectivity index (χ0) is 19.0. The number of likely N-dealkylation sites (tertiary alicyclic amines) is 1. The molecule has 7 nitrogen and oxygen atoms in total. The van der Waals surface area contributed by atoms with Crippen molar-refractivity contribution >= 4 is 23.2 Å². The highest BCUT2D eigenvalue weighted by Gasteiger charge is 2.34. The Morgan fingerprint density at radius 1 is 1.22 bits per heavy atom. The summed E-state index contributed by atoms with van der Waals surface area (Å²) in [6.45, 7) is 3.06. The molecule has 2 amide bonds. The van der Waals surface area contributed by atoms with Crippen molar-refractivity contribution in [1.29, 1.82) is 0 Å². The third kappa shape index (κ3) is 3.53. The Labute approximate surface area is 157 Å². The summed E-state index contributed by atoms with van der Waals surface area (Å²) in [7, 11) is 0. The molecule has 2 aliphatic heterocycles. The van der Waals surface area contributed by atoms with Crippen molar-refractivity contribution in [2.24, 2.45) is 5.92 Å². The smallest absolute Gasteiger partial charge is 0.231 e. The Bertz CT molecular complexity index is 895. The molecule has 0 aromatic heterocycles.